The van der Waals surface area contributed by atoms with Gasteiger partial charge in [0.1, 0.15) is 17.3 Å². The topological polar surface area (TPSA) is 79.5 Å². The molecule has 3 aromatic carbocycles. The maximum atomic E-state index is 12.9. The fraction of sp³-hybridized carbons (Fsp3) is 0.130. The highest BCUT2D eigenvalue weighted by atomic mass is 19.1. The van der Waals surface area contributed by atoms with Crippen LogP contribution >= 0.6 is 0 Å². The minimum Gasteiger partial charge on any atom is -0.457 e. The average Bonchev–Trinajstić information content (AvgIpc) is 2.75. The summed E-state index contributed by atoms with van der Waals surface area (Å²) in [6.07, 6.45) is 0.175. The Morgan fingerprint density at radius 2 is 1.43 bits per heavy atom. The molecule has 6 nitrogen and oxygen atoms in total. The third-order valence-electron chi connectivity index (χ3n) is 4.13. The first kappa shape index (κ1) is 20.9. The summed E-state index contributed by atoms with van der Waals surface area (Å²) < 4.78 is 18.6. The molecule has 3 N–H and O–H groups in total. The number of para-hydroxylation sites is 1. The standard InChI is InChI=1S/C23H22FN3O3/c24-18-8-12-21(13-9-18)30-20-10-6-17(7-11-20)16-26-22(28)14-15-25-23(29)27-19-4-2-1-3-5-19/h1-13H,14-16H2,(H,26,28)(H2,25,27,29). The summed E-state index contributed by atoms with van der Waals surface area (Å²) in [7, 11) is 0. The van der Waals surface area contributed by atoms with Crippen LogP contribution in [0.4, 0.5) is 14.9 Å². The van der Waals surface area contributed by atoms with Gasteiger partial charge in [0.25, 0.3) is 0 Å². The minimum atomic E-state index is -0.356. The van der Waals surface area contributed by atoms with E-state index in [9.17, 15) is 14.0 Å². The zero-order valence-corrected chi connectivity index (χ0v) is 16.2. The number of halogens is 1. The molecule has 0 fully saturated rings. The van der Waals surface area contributed by atoms with Crippen molar-refractivity contribution in [2.45, 2.75) is 13.0 Å². The SMILES string of the molecule is O=C(CCNC(=O)Nc1ccccc1)NCc1ccc(Oc2ccc(F)cc2)cc1. The van der Waals surface area contributed by atoms with Gasteiger partial charge in [0, 0.05) is 25.2 Å². The number of ether oxygens (including phenoxy) is 1. The van der Waals surface area contributed by atoms with Gasteiger partial charge in [0.2, 0.25) is 5.91 Å². The van der Waals surface area contributed by atoms with Gasteiger partial charge in [-0.1, -0.05) is 30.3 Å². The lowest BCUT2D eigenvalue weighted by Crippen LogP contribution is -2.33. The first-order valence-corrected chi connectivity index (χ1v) is 9.47. The molecule has 0 aliphatic rings. The Hall–Kier alpha value is -3.87. The quantitative estimate of drug-likeness (QED) is 0.516. The van der Waals surface area contributed by atoms with Crippen LogP contribution in [0.1, 0.15) is 12.0 Å². The number of amides is 3. The van der Waals surface area contributed by atoms with E-state index in [0.29, 0.717) is 23.7 Å². The van der Waals surface area contributed by atoms with Crippen molar-refractivity contribution in [2.24, 2.45) is 0 Å². The Labute approximate surface area is 174 Å². The molecule has 0 aliphatic carbocycles. The van der Waals surface area contributed by atoms with Crippen LogP contribution in [0.2, 0.25) is 0 Å². The number of hydrogen-bond donors (Lipinski definition) is 3. The van der Waals surface area contributed by atoms with E-state index in [0.717, 1.165) is 5.56 Å². The van der Waals surface area contributed by atoms with Crippen LogP contribution < -0.4 is 20.7 Å². The smallest absolute Gasteiger partial charge is 0.319 e. The summed E-state index contributed by atoms with van der Waals surface area (Å²) in [6.45, 7) is 0.598. The second-order valence-electron chi connectivity index (χ2n) is 6.47. The molecule has 3 aromatic rings. The van der Waals surface area contributed by atoms with Gasteiger partial charge in [-0.25, -0.2) is 9.18 Å². The molecular weight excluding hydrogens is 385 g/mol. The summed E-state index contributed by atoms with van der Waals surface area (Å²) in [6, 6.07) is 21.7. The van der Waals surface area contributed by atoms with Crippen LogP contribution in [0, 0.1) is 5.82 Å². The fourth-order valence-corrected chi connectivity index (χ4v) is 2.59. The van der Waals surface area contributed by atoms with Crippen molar-refractivity contribution in [1.82, 2.24) is 10.6 Å². The molecular formula is C23H22FN3O3. The number of urea groups is 1. The predicted octanol–water partition coefficient (Wildman–Crippen LogP) is 4.45. The number of benzene rings is 3. The highest BCUT2D eigenvalue weighted by molar-refractivity contribution is 5.89. The Morgan fingerprint density at radius 3 is 2.10 bits per heavy atom. The van der Waals surface area contributed by atoms with Crippen molar-refractivity contribution in [1.29, 1.82) is 0 Å². The molecule has 0 aliphatic heterocycles. The number of carbonyl (C=O) groups is 2. The van der Waals surface area contributed by atoms with Crippen molar-refractivity contribution in [3.8, 4) is 11.5 Å². The highest BCUT2D eigenvalue weighted by Gasteiger charge is 2.05. The summed E-state index contributed by atoms with van der Waals surface area (Å²) in [4.78, 5) is 23.7. The van der Waals surface area contributed by atoms with Gasteiger partial charge in [-0.2, -0.15) is 0 Å². The van der Waals surface area contributed by atoms with E-state index >= 15 is 0 Å². The lowest BCUT2D eigenvalue weighted by Gasteiger charge is -2.09. The van der Waals surface area contributed by atoms with Gasteiger partial charge in [0.15, 0.2) is 0 Å². The van der Waals surface area contributed by atoms with E-state index in [2.05, 4.69) is 16.0 Å². The van der Waals surface area contributed by atoms with Crippen LogP contribution in [0.5, 0.6) is 11.5 Å². The van der Waals surface area contributed by atoms with Crippen LogP contribution in [0.3, 0.4) is 0 Å². The number of rotatable bonds is 8. The lowest BCUT2D eigenvalue weighted by molar-refractivity contribution is -0.121. The molecule has 7 heteroatoms. The van der Waals surface area contributed by atoms with E-state index in [4.69, 9.17) is 4.74 Å². The van der Waals surface area contributed by atoms with Crippen LogP contribution in [0.15, 0.2) is 78.9 Å². The van der Waals surface area contributed by atoms with E-state index in [1.54, 1.807) is 36.4 Å². The van der Waals surface area contributed by atoms with Crippen molar-refractivity contribution in [3.63, 3.8) is 0 Å². The Morgan fingerprint density at radius 1 is 0.800 bits per heavy atom. The van der Waals surface area contributed by atoms with Gasteiger partial charge >= 0.3 is 6.03 Å². The number of carbonyl (C=O) groups excluding carboxylic acids is 2. The van der Waals surface area contributed by atoms with E-state index in [1.165, 1.54) is 12.1 Å². The molecule has 0 unspecified atom stereocenters. The summed E-state index contributed by atoms with van der Waals surface area (Å²) in [5.41, 5.74) is 1.59. The maximum Gasteiger partial charge on any atom is 0.319 e. The first-order valence-electron chi connectivity index (χ1n) is 9.47. The average molecular weight is 407 g/mol. The fourth-order valence-electron chi connectivity index (χ4n) is 2.59. The predicted molar refractivity (Wildman–Crippen MR) is 113 cm³/mol. The molecule has 3 rings (SSSR count). The van der Waals surface area contributed by atoms with Crippen molar-refractivity contribution in [2.75, 3.05) is 11.9 Å². The Balaban J connectivity index is 1.35. The highest BCUT2D eigenvalue weighted by Crippen LogP contribution is 2.21. The molecule has 30 heavy (non-hydrogen) atoms. The third-order valence-corrected chi connectivity index (χ3v) is 4.13. The zero-order valence-electron chi connectivity index (χ0n) is 16.2. The molecule has 154 valence electrons. The van der Waals surface area contributed by atoms with Crippen LogP contribution in [0.25, 0.3) is 0 Å². The molecule has 0 aromatic heterocycles. The summed E-state index contributed by atoms with van der Waals surface area (Å²) >= 11 is 0. The molecule has 0 radical (unpaired) electrons. The van der Waals surface area contributed by atoms with Gasteiger partial charge in [-0.3, -0.25) is 4.79 Å². The van der Waals surface area contributed by atoms with E-state index in [-0.39, 0.29) is 30.7 Å². The summed E-state index contributed by atoms with van der Waals surface area (Å²) in [5.74, 6) is 0.675. The molecule has 0 saturated carbocycles. The van der Waals surface area contributed by atoms with Crippen molar-refractivity contribution >= 4 is 17.6 Å². The van der Waals surface area contributed by atoms with Crippen LogP contribution in [-0.4, -0.2) is 18.5 Å². The maximum absolute atomic E-state index is 12.9. The molecule has 0 atom stereocenters. The molecule has 0 bridgehead atoms. The van der Waals surface area contributed by atoms with Gasteiger partial charge < -0.3 is 20.7 Å². The van der Waals surface area contributed by atoms with Gasteiger partial charge in [-0.15, -0.1) is 0 Å². The number of nitrogens with one attached hydrogen (secondary N) is 3. The number of hydrogen-bond acceptors (Lipinski definition) is 3. The Kier molecular flexibility index (Phi) is 7.38. The van der Waals surface area contributed by atoms with Gasteiger partial charge in [0.05, 0.1) is 0 Å². The van der Waals surface area contributed by atoms with E-state index in [1.807, 2.05) is 30.3 Å². The van der Waals surface area contributed by atoms with E-state index < -0.39 is 0 Å². The minimum absolute atomic E-state index is 0.165. The van der Waals surface area contributed by atoms with Crippen molar-refractivity contribution in [3.05, 3.63) is 90.2 Å². The summed E-state index contributed by atoms with van der Waals surface area (Å²) in [5, 5.41) is 8.13. The zero-order chi connectivity index (χ0) is 21.2. The third kappa shape index (κ3) is 6.94. The molecule has 0 spiro atoms. The molecule has 0 saturated heterocycles. The van der Waals surface area contributed by atoms with Gasteiger partial charge in [-0.05, 0) is 54.1 Å². The normalized spacial score (nSPS) is 10.2. The molecule has 3 amide bonds. The monoisotopic (exact) mass is 407 g/mol. The Bertz CT molecular complexity index is 961. The molecule has 0 heterocycles. The second kappa shape index (κ2) is 10.6. The van der Waals surface area contributed by atoms with Crippen LogP contribution in [-0.2, 0) is 11.3 Å². The van der Waals surface area contributed by atoms with Crippen molar-refractivity contribution < 1.29 is 18.7 Å². The largest absolute Gasteiger partial charge is 0.457 e. The second-order valence-corrected chi connectivity index (χ2v) is 6.47. The number of anilines is 1. The first-order chi connectivity index (χ1) is 14.6. The lowest BCUT2D eigenvalue weighted by atomic mass is 10.2.